The molecule has 0 amide bonds. The zero-order valence-electron chi connectivity index (χ0n) is 18.3. The van der Waals surface area contributed by atoms with Gasteiger partial charge in [-0.15, -0.1) is 0 Å². The molecule has 2 atom stereocenters. The van der Waals surface area contributed by atoms with Crippen LogP contribution in [0.1, 0.15) is 52.0 Å². The van der Waals surface area contributed by atoms with Crippen molar-refractivity contribution in [2.24, 2.45) is 5.92 Å². The average molecular weight is 417 g/mol. The van der Waals surface area contributed by atoms with Gasteiger partial charge in [0.1, 0.15) is 12.1 Å². The predicted octanol–water partition coefficient (Wildman–Crippen LogP) is 3.75. The normalized spacial score (nSPS) is 23.0. The molecular formula is C24H28N6O. The van der Waals surface area contributed by atoms with Crippen molar-refractivity contribution < 1.29 is 5.11 Å². The zero-order chi connectivity index (χ0) is 21.8. The number of aromatic nitrogens is 4. The third-order valence-electron chi connectivity index (χ3n) is 7.36. The second-order valence-corrected chi connectivity index (χ2v) is 9.59. The zero-order valence-corrected chi connectivity index (χ0v) is 18.3. The van der Waals surface area contributed by atoms with E-state index in [1.54, 1.807) is 6.33 Å². The minimum Gasteiger partial charge on any atom is -0.390 e. The molecule has 3 heterocycles. The maximum Gasteiger partial charge on any atom is 0.159 e. The third kappa shape index (κ3) is 3.17. The summed E-state index contributed by atoms with van der Waals surface area (Å²) in [5, 5.41) is 25.9. The minimum absolute atomic E-state index is 0.179. The third-order valence-corrected chi connectivity index (χ3v) is 7.36. The van der Waals surface area contributed by atoms with Crippen LogP contribution in [0.15, 0.2) is 36.8 Å². The van der Waals surface area contributed by atoms with Crippen molar-refractivity contribution in [3.05, 3.63) is 42.4 Å². The summed E-state index contributed by atoms with van der Waals surface area (Å²) in [5.41, 5.74) is 0.923. The Labute approximate surface area is 182 Å². The first-order valence-electron chi connectivity index (χ1n) is 11.0. The van der Waals surface area contributed by atoms with E-state index in [0.29, 0.717) is 5.82 Å². The first-order valence-corrected chi connectivity index (χ1v) is 11.0. The molecule has 0 spiro atoms. The number of fused-ring (bicyclic) bond motifs is 1. The SMILES string of the molecule is C[C@@H]1[C@@H](C(C)(C)O)CCN1c1cc(-n2ncc3ccc(C4(C#N)CCC4)cc32)ncn1. The topological polar surface area (TPSA) is 90.9 Å². The summed E-state index contributed by atoms with van der Waals surface area (Å²) in [6.45, 7) is 6.76. The molecule has 31 heavy (non-hydrogen) atoms. The summed E-state index contributed by atoms with van der Waals surface area (Å²) in [5.74, 6) is 1.73. The maximum atomic E-state index is 10.5. The van der Waals surface area contributed by atoms with Gasteiger partial charge >= 0.3 is 0 Å². The lowest BCUT2D eigenvalue weighted by molar-refractivity contribution is 0.0156. The van der Waals surface area contributed by atoms with Crippen LogP contribution in [0.5, 0.6) is 0 Å². The largest absolute Gasteiger partial charge is 0.390 e. The summed E-state index contributed by atoms with van der Waals surface area (Å²) in [6, 6.07) is 10.9. The average Bonchev–Trinajstić information content (AvgIpc) is 3.31. The van der Waals surface area contributed by atoms with Gasteiger partial charge in [0, 0.05) is 30.0 Å². The fourth-order valence-corrected chi connectivity index (χ4v) is 5.31. The second kappa shape index (κ2) is 7.03. The lowest BCUT2D eigenvalue weighted by Gasteiger charge is -2.35. The van der Waals surface area contributed by atoms with Gasteiger partial charge in [-0.2, -0.15) is 10.4 Å². The number of benzene rings is 1. The van der Waals surface area contributed by atoms with Crippen LogP contribution in [0.4, 0.5) is 5.82 Å². The number of hydrogen-bond donors (Lipinski definition) is 1. The monoisotopic (exact) mass is 416 g/mol. The number of nitriles is 1. The number of hydrogen-bond acceptors (Lipinski definition) is 6. The molecule has 2 aliphatic rings. The molecule has 1 N–H and O–H groups in total. The van der Waals surface area contributed by atoms with Gasteiger partial charge in [-0.05, 0) is 58.1 Å². The molecule has 1 aromatic carbocycles. The summed E-state index contributed by atoms with van der Waals surface area (Å²) in [4.78, 5) is 11.3. The van der Waals surface area contributed by atoms with Crippen molar-refractivity contribution in [2.75, 3.05) is 11.4 Å². The highest BCUT2D eigenvalue weighted by Gasteiger charge is 2.41. The quantitative estimate of drug-likeness (QED) is 0.697. The number of anilines is 1. The standard InChI is InChI=1S/C24H28N6O/c1-16-19(23(2,3)31)7-10-29(16)21-12-22(27-15-26-21)30-20-11-18(6-5-17(20)13-28-30)24(14-25)8-4-9-24/h5-6,11-13,15-16,19,31H,4,7-10H2,1-3H3/t16-,19+/m1/s1. The van der Waals surface area contributed by atoms with E-state index in [4.69, 9.17) is 0 Å². The molecule has 1 saturated heterocycles. The van der Waals surface area contributed by atoms with Crippen molar-refractivity contribution in [1.29, 1.82) is 5.26 Å². The molecule has 3 aromatic rings. The Kier molecular flexibility index (Phi) is 4.52. The van der Waals surface area contributed by atoms with Crippen molar-refractivity contribution in [3.63, 3.8) is 0 Å². The van der Waals surface area contributed by atoms with Crippen molar-refractivity contribution >= 4 is 16.7 Å². The highest BCUT2D eigenvalue weighted by Crippen LogP contribution is 2.44. The van der Waals surface area contributed by atoms with Crippen LogP contribution < -0.4 is 4.90 Å². The number of nitrogens with zero attached hydrogens (tertiary/aromatic N) is 6. The van der Waals surface area contributed by atoms with Gasteiger partial charge in [-0.25, -0.2) is 14.6 Å². The van der Waals surface area contributed by atoms with Crippen LogP contribution in [0.3, 0.4) is 0 Å². The van der Waals surface area contributed by atoms with Crippen LogP contribution in [0.2, 0.25) is 0 Å². The van der Waals surface area contributed by atoms with Crippen molar-refractivity contribution in [1.82, 2.24) is 19.7 Å². The van der Waals surface area contributed by atoms with Gasteiger partial charge < -0.3 is 10.0 Å². The lowest BCUT2D eigenvalue weighted by Crippen LogP contribution is -2.40. The lowest BCUT2D eigenvalue weighted by atomic mass is 9.65. The highest BCUT2D eigenvalue weighted by molar-refractivity contribution is 5.81. The van der Waals surface area contributed by atoms with Gasteiger partial charge in [0.15, 0.2) is 5.82 Å². The highest BCUT2D eigenvalue weighted by atomic mass is 16.3. The molecule has 5 rings (SSSR count). The van der Waals surface area contributed by atoms with Crippen LogP contribution in [0.25, 0.3) is 16.7 Å². The predicted molar refractivity (Wildman–Crippen MR) is 119 cm³/mol. The Hall–Kier alpha value is -2.98. The van der Waals surface area contributed by atoms with Gasteiger partial charge in [-0.1, -0.05) is 12.1 Å². The van der Waals surface area contributed by atoms with E-state index in [1.807, 2.05) is 36.9 Å². The first kappa shape index (κ1) is 20.0. The molecule has 7 heteroatoms. The summed E-state index contributed by atoms with van der Waals surface area (Å²) < 4.78 is 1.84. The fourth-order valence-electron chi connectivity index (χ4n) is 5.31. The summed E-state index contributed by atoms with van der Waals surface area (Å²) >= 11 is 0. The summed E-state index contributed by atoms with van der Waals surface area (Å²) in [7, 11) is 0. The van der Waals surface area contributed by atoms with E-state index >= 15 is 0 Å². The van der Waals surface area contributed by atoms with Gasteiger partial charge in [0.05, 0.1) is 28.8 Å². The van der Waals surface area contributed by atoms with Gasteiger partial charge in [0.2, 0.25) is 0 Å². The molecule has 0 radical (unpaired) electrons. The van der Waals surface area contributed by atoms with E-state index in [0.717, 1.165) is 54.5 Å². The number of rotatable bonds is 4. The molecule has 1 aliphatic carbocycles. The first-order chi connectivity index (χ1) is 14.8. The van der Waals surface area contributed by atoms with E-state index in [2.05, 4.69) is 45.1 Å². The second-order valence-electron chi connectivity index (χ2n) is 9.59. The maximum absolute atomic E-state index is 10.5. The minimum atomic E-state index is -0.725. The molecule has 1 aliphatic heterocycles. The van der Waals surface area contributed by atoms with Gasteiger partial charge in [-0.3, -0.25) is 0 Å². The molecule has 0 unspecified atom stereocenters. The summed E-state index contributed by atoms with van der Waals surface area (Å²) in [6.07, 6.45) is 7.26. The molecule has 0 bridgehead atoms. The fraction of sp³-hybridized carbons (Fsp3) is 0.500. The Morgan fingerprint density at radius 3 is 2.61 bits per heavy atom. The van der Waals surface area contributed by atoms with E-state index in [1.165, 1.54) is 0 Å². The van der Waals surface area contributed by atoms with Crippen LogP contribution >= 0.6 is 0 Å². The number of aliphatic hydroxyl groups is 1. The molecular weight excluding hydrogens is 388 g/mol. The van der Waals surface area contributed by atoms with Crippen molar-refractivity contribution in [3.8, 4) is 11.9 Å². The molecule has 7 nitrogen and oxygen atoms in total. The Bertz CT molecular complexity index is 1170. The van der Waals surface area contributed by atoms with Crippen molar-refractivity contribution in [2.45, 2.75) is 63.5 Å². The Morgan fingerprint density at radius 1 is 1.19 bits per heavy atom. The van der Waals surface area contributed by atoms with E-state index in [9.17, 15) is 10.4 Å². The smallest absolute Gasteiger partial charge is 0.159 e. The van der Waals surface area contributed by atoms with E-state index in [-0.39, 0.29) is 17.4 Å². The molecule has 2 aromatic heterocycles. The molecule has 2 fully saturated rings. The molecule has 1 saturated carbocycles. The van der Waals surface area contributed by atoms with Crippen LogP contribution in [-0.2, 0) is 5.41 Å². The molecule has 160 valence electrons. The van der Waals surface area contributed by atoms with Crippen LogP contribution in [-0.4, -0.2) is 43.0 Å². The van der Waals surface area contributed by atoms with E-state index < -0.39 is 5.60 Å². The van der Waals surface area contributed by atoms with Gasteiger partial charge in [0.25, 0.3) is 0 Å². The Balaban J connectivity index is 1.51. The Morgan fingerprint density at radius 2 is 1.97 bits per heavy atom. The van der Waals surface area contributed by atoms with Crippen LogP contribution in [0, 0.1) is 17.2 Å².